The average molecular weight is 1220 g/mol. The molecule has 0 unspecified atom stereocenters. The predicted molar refractivity (Wildman–Crippen MR) is 300 cm³/mol. The van der Waals surface area contributed by atoms with E-state index in [1.807, 2.05) is 48.5 Å². The third-order valence-corrected chi connectivity index (χ3v) is 12.6. The van der Waals surface area contributed by atoms with Crippen LogP contribution in [0.2, 0.25) is 0 Å². The lowest BCUT2D eigenvalue weighted by Crippen LogP contribution is -1.78. The van der Waals surface area contributed by atoms with Crippen molar-refractivity contribution in [3.8, 4) is 11.1 Å². The normalized spacial score (nSPS) is 11.1. The van der Waals surface area contributed by atoms with Gasteiger partial charge in [-0.05, 0) is 115 Å². The lowest BCUT2D eigenvalue weighted by atomic mass is 10.0. The minimum absolute atomic E-state index is 0.105. The highest BCUT2D eigenvalue weighted by Gasteiger charge is 2.03. The Balaban J connectivity index is 0.000000138. The molecule has 0 atom stereocenters. The van der Waals surface area contributed by atoms with E-state index in [9.17, 15) is 0 Å². The van der Waals surface area contributed by atoms with Gasteiger partial charge in [0.05, 0.1) is 6.85 Å². The molecule has 0 N–H and O–H groups in total. The Bertz CT molecular complexity index is 3290. The maximum atomic E-state index is 7.26. The summed E-state index contributed by atoms with van der Waals surface area (Å²) in [5, 5.41) is 10.3. The zero-order chi connectivity index (χ0) is 49.3. The van der Waals surface area contributed by atoms with Gasteiger partial charge in [-0.25, -0.2) is 0 Å². The van der Waals surface area contributed by atoms with Crippen LogP contribution in [-0.2, 0) is 0 Å². The number of rotatable bonds is 1. The van der Waals surface area contributed by atoms with Crippen molar-refractivity contribution in [2.75, 3.05) is 0 Å². The molecule has 11 aromatic rings. The first-order chi connectivity index (χ1) is 33.3. The van der Waals surface area contributed by atoms with Gasteiger partial charge in [0, 0.05) is 26.8 Å². The van der Waals surface area contributed by atoms with E-state index in [1.54, 1.807) is 0 Å². The van der Waals surface area contributed by atoms with Crippen molar-refractivity contribution in [3.05, 3.63) is 282 Å². The highest BCUT2D eigenvalue weighted by molar-refractivity contribution is 9.11. The number of hydrogen-bond donors (Lipinski definition) is 0. The Hall–Kier alpha value is -4.66. The van der Waals surface area contributed by atoms with Gasteiger partial charge in [-0.3, -0.25) is 0 Å². The molecule has 316 valence electrons. The van der Waals surface area contributed by atoms with Crippen molar-refractivity contribution in [2.24, 2.45) is 0 Å². The molecule has 11 aromatic carbocycles. The molecule has 11 rings (SSSR count). The van der Waals surface area contributed by atoms with Crippen LogP contribution < -0.4 is 0 Å². The molecule has 0 saturated carbocycles. The van der Waals surface area contributed by atoms with E-state index in [0.717, 1.165) is 22.4 Å². The highest BCUT2D eigenvalue weighted by Crippen LogP contribution is 2.31. The summed E-state index contributed by atoms with van der Waals surface area (Å²) in [6, 6.07) is 75.5. The molecule has 0 heterocycles. The fourth-order valence-electron chi connectivity index (χ4n) is 6.28. The Morgan fingerprint density at radius 3 is 1.34 bits per heavy atom. The second-order valence-electron chi connectivity index (χ2n) is 13.7. The summed E-state index contributed by atoms with van der Waals surface area (Å²) in [6.07, 6.45) is 0. The van der Waals surface area contributed by atoms with E-state index >= 15 is 0 Å². The van der Waals surface area contributed by atoms with Crippen molar-refractivity contribution in [1.29, 1.82) is 0 Å². The number of benzene rings is 11. The summed E-state index contributed by atoms with van der Waals surface area (Å²) >= 11 is 20.2. The van der Waals surface area contributed by atoms with Gasteiger partial charge >= 0.3 is 0 Å². The molecule has 0 fully saturated rings. The minimum Gasteiger partial charge on any atom is -0.0622 e. The lowest BCUT2D eigenvalue weighted by molar-refractivity contribution is 1.59. The summed E-state index contributed by atoms with van der Waals surface area (Å²) in [6.45, 7) is 0. The van der Waals surface area contributed by atoms with E-state index in [0.29, 0.717) is 0 Å². The lowest BCUT2D eigenvalue weighted by Gasteiger charge is -2.05. The van der Waals surface area contributed by atoms with Crippen LogP contribution in [0.5, 0.6) is 0 Å². The van der Waals surface area contributed by atoms with E-state index in [2.05, 4.69) is 272 Å². The summed E-state index contributed by atoms with van der Waals surface area (Å²) in [5.41, 5.74) is 2.51. The smallest absolute Gasteiger partial charge is 0.0622 e. The molecular weight excluding hydrogens is 1180 g/mol. The molecule has 0 aliphatic heterocycles. The number of halogens is 6. The van der Waals surface area contributed by atoms with Crippen molar-refractivity contribution < 1.29 is 6.85 Å². The molecule has 6 heteroatoms. The summed E-state index contributed by atoms with van der Waals surface area (Å²) in [7, 11) is 0. The molecule has 0 saturated heterocycles. The summed E-state index contributed by atoms with van der Waals surface area (Å²) in [5.74, 6) is 0. The summed E-state index contributed by atoms with van der Waals surface area (Å²) < 4.78 is 42.0. The predicted octanol–water partition coefficient (Wildman–Crippen LogP) is 21.0. The van der Waals surface area contributed by atoms with Crippen LogP contribution in [0.1, 0.15) is 6.85 Å². The first kappa shape index (κ1) is 42.0. The van der Waals surface area contributed by atoms with Crippen molar-refractivity contribution in [3.63, 3.8) is 0 Å². The highest BCUT2D eigenvalue weighted by atomic mass is 79.9. The van der Waals surface area contributed by atoms with Gasteiger partial charge in [0.25, 0.3) is 0 Å². The third-order valence-electron chi connectivity index (χ3n) is 9.32. The first-order valence-electron chi connectivity index (χ1n) is 22.4. The van der Waals surface area contributed by atoms with Gasteiger partial charge in [-0.2, -0.15) is 0 Å². The van der Waals surface area contributed by atoms with E-state index < -0.39 is 0 Å². The SMILES string of the molecule is Brc1cc2ccccc2c2ccccc12.Brc1ccc(-c2ccccc2)cc1.Brc1ccc2ccccc2c1.Brc1cccc2ccccc12.Brc1ccccc1.[2H]c1c([2H])c([2H])c(Br)c([2H])c1[2H]. The monoisotopic (exact) mass is 1220 g/mol. The van der Waals surface area contributed by atoms with Gasteiger partial charge in [0.15, 0.2) is 0 Å². The van der Waals surface area contributed by atoms with Crippen LogP contribution in [0.25, 0.3) is 54.2 Å². The Morgan fingerprint density at radius 2 is 0.719 bits per heavy atom. The molecule has 0 aromatic heterocycles. The summed E-state index contributed by atoms with van der Waals surface area (Å²) in [4.78, 5) is 0. The van der Waals surface area contributed by atoms with Crippen LogP contribution in [0.4, 0.5) is 0 Å². The van der Waals surface area contributed by atoms with E-state index in [4.69, 9.17) is 6.85 Å². The molecule has 0 bridgehead atoms. The Morgan fingerprint density at radius 1 is 0.250 bits per heavy atom. The average Bonchev–Trinajstić information content (AvgIpc) is 3.39. The Labute approximate surface area is 434 Å². The quantitative estimate of drug-likeness (QED) is 0.144. The maximum Gasteiger partial charge on any atom is 0.0635 e. The zero-order valence-electron chi connectivity index (χ0n) is 39.1. The van der Waals surface area contributed by atoms with Crippen molar-refractivity contribution in [2.45, 2.75) is 0 Å². The molecule has 64 heavy (non-hydrogen) atoms. The van der Waals surface area contributed by atoms with Gasteiger partial charge < -0.3 is 0 Å². The fourth-order valence-corrected chi connectivity index (χ4v) is 8.53. The number of fused-ring (bicyclic) bond motifs is 5. The molecule has 0 aliphatic rings. The third kappa shape index (κ3) is 15.5. The second kappa shape index (κ2) is 26.3. The van der Waals surface area contributed by atoms with Crippen LogP contribution in [-0.4, -0.2) is 0 Å². The van der Waals surface area contributed by atoms with E-state index in [1.165, 1.54) is 54.2 Å². The molecule has 0 nitrogen and oxygen atoms in total. The van der Waals surface area contributed by atoms with Crippen molar-refractivity contribution >= 4 is 139 Å². The molecule has 0 radical (unpaired) electrons. The van der Waals surface area contributed by atoms with Gasteiger partial charge in [-0.15, -0.1) is 0 Å². The van der Waals surface area contributed by atoms with Gasteiger partial charge in [-0.1, -0.05) is 290 Å². The Kier molecular flexibility index (Phi) is 17.3. The fraction of sp³-hybridized carbons (Fsp3) is 0. The zero-order valence-corrected chi connectivity index (χ0v) is 43.6. The molecule has 0 aliphatic carbocycles. The van der Waals surface area contributed by atoms with E-state index in [-0.39, 0.29) is 34.7 Å². The number of hydrogen-bond acceptors (Lipinski definition) is 0. The largest absolute Gasteiger partial charge is 0.0635 e. The minimum atomic E-state index is -0.367. The van der Waals surface area contributed by atoms with Crippen LogP contribution >= 0.6 is 95.6 Å². The first-order valence-corrected chi connectivity index (χ1v) is 24.7. The van der Waals surface area contributed by atoms with Crippen molar-refractivity contribution in [1.82, 2.24) is 0 Å². The molecular formula is C58H42Br6. The topological polar surface area (TPSA) is 0 Å². The standard InChI is InChI=1S/C14H9Br.C12H9Br.2C10H7Br.2C6H5Br/c15-14-9-10-5-1-2-6-11(10)12-7-3-4-8-13(12)14;13-12-8-6-11(7-9-12)10-4-2-1-3-5-10;11-10-7-3-5-8-4-1-2-6-9(8)10;11-10-6-5-8-3-1-2-4-9(8)7-10;2*7-6-4-2-1-3-5-6/h1-9H;1-9H;2*1-7H;2*1-5H/i;;;;1D,2D,3D,4D,5D;. The van der Waals surface area contributed by atoms with Gasteiger partial charge in [0.1, 0.15) is 0 Å². The maximum absolute atomic E-state index is 7.26. The van der Waals surface area contributed by atoms with Crippen LogP contribution in [0.15, 0.2) is 282 Å². The van der Waals surface area contributed by atoms with Crippen LogP contribution in [0, 0.1) is 0 Å². The second-order valence-corrected chi connectivity index (χ2v) is 18.9. The molecule has 0 spiro atoms. The molecule has 0 amide bonds. The van der Waals surface area contributed by atoms with Crippen LogP contribution in [0.3, 0.4) is 0 Å². The van der Waals surface area contributed by atoms with Gasteiger partial charge in [0.2, 0.25) is 0 Å².